The largest absolute Gasteiger partial charge is 0.338 e. The van der Waals surface area contributed by atoms with Crippen LogP contribution < -0.4 is 5.73 Å². The zero-order valence-electron chi connectivity index (χ0n) is 14.6. The standard InChI is InChI=1S/C17H31N5O/c1-13(2)14-3-5-15(6-4-14)22-9-7-21(8-10-22)12-16-19-17(11-18)23-20-16/h13-15H,3-12,18H2,1-2H3. The molecule has 2 fully saturated rings. The maximum absolute atomic E-state index is 5.51. The van der Waals surface area contributed by atoms with Crippen LogP contribution in [0.15, 0.2) is 4.52 Å². The SMILES string of the molecule is CC(C)C1CCC(N2CCN(Cc3noc(CN)n3)CC2)CC1. The van der Waals surface area contributed by atoms with Gasteiger partial charge in [-0.15, -0.1) is 0 Å². The third-order valence-corrected chi connectivity index (χ3v) is 5.66. The fraction of sp³-hybridized carbons (Fsp3) is 0.882. The molecule has 0 spiro atoms. The molecule has 130 valence electrons. The molecule has 0 amide bonds. The molecule has 0 radical (unpaired) electrons. The van der Waals surface area contributed by atoms with Gasteiger partial charge in [0, 0.05) is 32.2 Å². The van der Waals surface area contributed by atoms with Crippen molar-refractivity contribution in [2.24, 2.45) is 17.6 Å². The number of aromatic nitrogens is 2. The highest BCUT2D eigenvalue weighted by molar-refractivity contribution is 4.88. The summed E-state index contributed by atoms with van der Waals surface area (Å²) in [5, 5.41) is 3.99. The average Bonchev–Trinajstić information content (AvgIpc) is 3.03. The molecular weight excluding hydrogens is 290 g/mol. The van der Waals surface area contributed by atoms with Gasteiger partial charge in [-0.3, -0.25) is 9.80 Å². The minimum absolute atomic E-state index is 0.319. The van der Waals surface area contributed by atoms with Gasteiger partial charge in [-0.25, -0.2) is 0 Å². The van der Waals surface area contributed by atoms with Crippen molar-refractivity contribution in [3.05, 3.63) is 11.7 Å². The van der Waals surface area contributed by atoms with Crippen LogP contribution in [0, 0.1) is 11.8 Å². The van der Waals surface area contributed by atoms with E-state index in [1.54, 1.807) is 0 Å². The summed E-state index contributed by atoms with van der Waals surface area (Å²) in [5.74, 6) is 3.08. The fourth-order valence-electron chi connectivity index (χ4n) is 4.06. The first-order valence-corrected chi connectivity index (χ1v) is 9.13. The Morgan fingerprint density at radius 1 is 1.13 bits per heavy atom. The summed E-state index contributed by atoms with van der Waals surface area (Å²) in [6.07, 6.45) is 5.58. The van der Waals surface area contributed by atoms with Gasteiger partial charge < -0.3 is 10.3 Å². The van der Waals surface area contributed by atoms with Crippen molar-refractivity contribution in [2.75, 3.05) is 26.2 Å². The van der Waals surface area contributed by atoms with Crippen LogP contribution in [-0.2, 0) is 13.1 Å². The molecular formula is C17H31N5O. The number of nitrogens with zero attached hydrogens (tertiary/aromatic N) is 4. The van der Waals surface area contributed by atoms with Gasteiger partial charge in [0.1, 0.15) is 0 Å². The van der Waals surface area contributed by atoms with E-state index in [1.165, 1.54) is 38.8 Å². The van der Waals surface area contributed by atoms with Gasteiger partial charge in [-0.1, -0.05) is 19.0 Å². The Bertz CT molecular complexity index is 473. The second-order valence-corrected chi connectivity index (χ2v) is 7.43. The fourth-order valence-corrected chi connectivity index (χ4v) is 4.06. The molecule has 0 atom stereocenters. The van der Waals surface area contributed by atoms with Gasteiger partial charge >= 0.3 is 0 Å². The Morgan fingerprint density at radius 2 is 1.83 bits per heavy atom. The quantitative estimate of drug-likeness (QED) is 0.892. The number of hydrogen-bond donors (Lipinski definition) is 1. The highest BCUT2D eigenvalue weighted by atomic mass is 16.5. The summed E-state index contributed by atoms with van der Waals surface area (Å²) in [7, 11) is 0. The second kappa shape index (κ2) is 7.73. The van der Waals surface area contributed by atoms with Crippen LogP contribution in [0.1, 0.15) is 51.2 Å². The molecule has 1 aromatic rings. The second-order valence-electron chi connectivity index (χ2n) is 7.43. The van der Waals surface area contributed by atoms with Crippen LogP contribution in [0.5, 0.6) is 0 Å². The van der Waals surface area contributed by atoms with Crippen molar-refractivity contribution in [1.82, 2.24) is 19.9 Å². The Kier molecular flexibility index (Phi) is 5.67. The van der Waals surface area contributed by atoms with Gasteiger partial charge in [-0.2, -0.15) is 4.98 Å². The molecule has 1 aliphatic heterocycles. The van der Waals surface area contributed by atoms with Crippen LogP contribution >= 0.6 is 0 Å². The van der Waals surface area contributed by atoms with E-state index in [4.69, 9.17) is 10.3 Å². The molecule has 2 heterocycles. The van der Waals surface area contributed by atoms with Crippen LogP contribution in [0.25, 0.3) is 0 Å². The lowest BCUT2D eigenvalue weighted by molar-refractivity contribution is 0.0613. The van der Waals surface area contributed by atoms with Gasteiger partial charge in [0.05, 0.1) is 13.1 Å². The van der Waals surface area contributed by atoms with E-state index in [9.17, 15) is 0 Å². The summed E-state index contributed by atoms with van der Waals surface area (Å²) in [6, 6.07) is 0.807. The zero-order valence-corrected chi connectivity index (χ0v) is 14.6. The summed E-state index contributed by atoms with van der Waals surface area (Å²) >= 11 is 0. The van der Waals surface area contributed by atoms with E-state index >= 15 is 0 Å². The first-order valence-electron chi connectivity index (χ1n) is 9.13. The topological polar surface area (TPSA) is 71.4 Å². The van der Waals surface area contributed by atoms with E-state index in [0.717, 1.165) is 43.3 Å². The Morgan fingerprint density at radius 3 is 2.39 bits per heavy atom. The molecule has 23 heavy (non-hydrogen) atoms. The summed E-state index contributed by atoms with van der Waals surface area (Å²) < 4.78 is 5.08. The maximum Gasteiger partial charge on any atom is 0.240 e. The lowest BCUT2D eigenvalue weighted by atomic mass is 9.79. The molecule has 6 nitrogen and oxygen atoms in total. The van der Waals surface area contributed by atoms with Gasteiger partial charge in [0.25, 0.3) is 0 Å². The third kappa shape index (κ3) is 4.31. The van der Waals surface area contributed by atoms with Gasteiger partial charge in [-0.05, 0) is 37.5 Å². The molecule has 2 aliphatic rings. The van der Waals surface area contributed by atoms with Crippen molar-refractivity contribution in [3.8, 4) is 0 Å². The van der Waals surface area contributed by atoms with Gasteiger partial charge in [0.15, 0.2) is 5.82 Å². The molecule has 0 aromatic carbocycles. The third-order valence-electron chi connectivity index (χ3n) is 5.66. The molecule has 1 saturated heterocycles. The smallest absolute Gasteiger partial charge is 0.240 e. The van der Waals surface area contributed by atoms with Crippen LogP contribution in [0.3, 0.4) is 0 Å². The van der Waals surface area contributed by atoms with Crippen LogP contribution in [0.4, 0.5) is 0 Å². The van der Waals surface area contributed by atoms with Crippen molar-refractivity contribution >= 4 is 0 Å². The highest BCUT2D eigenvalue weighted by Crippen LogP contribution is 2.32. The number of piperazine rings is 1. The van der Waals surface area contributed by atoms with E-state index in [1.807, 2.05) is 0 Å². The molecule has 3 rings (SSSR count). The first-order chi connectivity index (χ1) is 11.2. The predicted molar refractivity (Wildman–Crippen MR) is 89.6 cm³/mol. The molecule has 0 unspecified atom stereocenters. The van der Waals surface area contributed by atoms with E-state index < -0.39 is 0 Å². The molecule has 2 N–H and O–H groups in total. The van der Waals surface area contributed by atoms with Crippen LogP contribution in [-0.4, -0.2) is 52.2 Å². The first kappa shape index (κ1) is 16.9. The Labute approximate surface area is 139 Å². The summed E-state index contributed by atoms with van der Waals surface area (Å²) in [5.41, 5.74) is 5.51. The highest BCUT2D eigenvalue weighted by Gasteiger charge is 2.29. The predicted octanol–water partition coefficient (Wildman–Crippen LogP) is 1.86. The van der Waals surface area contributed by atoms with E-state index in [2.05, 4.69) is 33.8 Å². The number of nitrogens with two attached hydrogens (primary N) is 1. The molecule has 1 aromatic heterocycles. The normalized spacial score (nSPS) is 27.7. The number of hydrogen-bond acceptors (Lipinski definition) is 6. The average molecular weight is 321 g/mol. The van der Waals surface area contributed by atoms with E-state index in [0.29, 0.717) is 12.4 Å². The molecule has 0 bridgehead atoms. The van der Waals surface area contributed by atoms with Gasteiger partial charge in [0.2, 0.25) is 5.89 Å². The Hall–Kier alpha value is -0.980. The van der Waals surface area contributed by atoms with Crippen molar-refractivity contribution in [1.29, 1.82) is 0 Å². The minimum atomic E-state index is 0.319. The lowest BCUT2D eigenvalue weighted by Crippen LogP contribution is -2.51. The Balaban J connectivity index is 1.42. The van der Waals surface area contributed by atoms with Crippen molar-refractivity contribution < 1.29 is 4.52 Å². The van der Waals surface area contributed by atoms with Crippen molar-refractivity contribution in [3.63, 3.8) is 0 Å². The molecule has 6 heteroatoms. The monoisotopic (exact) mass is 321 g/mol. The zero-order chi connectivity index (χ0) is 16.2. The summed E-state index contributed by atoms with van der Waals surface area (Å²) in [4.78, 5) is 9.42. The maximum atomic E-state index is 5.51. The molecule has 1 saturated carbocycles. The lowest BCUT2D eigenvalue weighted by Gasteiger charge is -2.42. The van der Waals surface area contributed by atoms with Crippen LogP contribution in [0.2, 0.25) is 0 Å². The molecule has 1 aliphatic carbocycles. The van der Waals surface area contributed by atoms with Crippen molar-refractivity contribution in [2.45, 2.75) is 58.7 Å². The number of rotatable bonds is 5. The minimum Gasteiger partial charge on any atom is -0.338 e. The van der Waals surface area contributed by atoms with E-state index in [-0.39, 0.29) is 0 Å². The summed E-state index contributed by atoms with van der Waals surface area (Å²) in [6.45, 7) is 10.4.